The molecule has 1 nitrogen and oxygen atoms in total. The van der Waals surface area contributed by atoms with Gasteiger partial charge < -0.3 is 0 Å². The molecule has 1 saturated carbocycles. The van der Waals surface area contributed by atoms with Crippen LogP contribution in [0.1, 0.15) is 78.1 Å². The molecular weight excluding hydrogens is 184 g/mol. The fourth-order valence-corrected chi connectivity index (χ4v) is 2.95. The molecule has 15 heavy (non-hydrogen) atoms. The molecule has 0 bridgehead atoms. The molecule has 0 aliphatic heterocycles. The summed E-state index contributed by atoms with van der Waals surface area (Å²) < 4.78 is 0. The number of rotatable bonds is 6. The summed E-state index contributed by atoms with van der Waals surface area (Å²) in [6.07, 6.45) is 11.5. The second-order valence-electron chi connectivity index (χ2n) is 5.25. The third kappa shape index (κ3) is 3.79. The summed E-state index contributed by atoms with van der Waals surface area (Å²) in [5, 5.41) is 12.7. The molecule has 0 aromatic heterocycles. The van der Waals surface area contributed by atoms with Crippen molar-refractivity contribution in [2.45, 2.75) is 83.7 Å². The predicted molar refractivity (Wildman–Crippen MR) is 64.4 cm³/mol. The van der Waals surface area contributed by atoms with E-state index in [0.717, 1.165) is 19.3 Å². The van der Waals surface area contributed by atoms with E-state index in [1.807, 2.05) is 0 Å². The lowest BCUT2D eigenvalue weighted by Crippen LogP contribution is -2.39. The van der Waals surface area contributed by atoms with Crippen LogP contribution in [0.25, 0.3) is 0 Å². The first-order valence-electron chi connectivity index (χ1n) is 6.93. The van der Waals surface area contributed by atoms with Gasteiger partial charge in [-0.1, -0.05) is 52.4 Å². The average molecular weight is 211 g/mol. The maximum absolute atomic E-state index is 12.7. The minimum absolute atomic E-state index is 0.484. The van der Waals surface area contributed by atoms with Gasteiger partial charge in [0.15, 0.2) is 0 Å². The van der Waals surface area contributed by atoms with Crippen LogP contribution < -0.4 is 0 Å². The molecule has 1 aliphatic rings. The summed E-state index contributed by atoms with van der Waals surface area (Å²) in [7, 11) is 0. The Kier molecular flexibility index (Phi) is 5.66. The van der Waals surface area contributed by atoms with E-state index in [2.05, 4.69) is 13.8 Å². The highest BCUT2D eigenvalue weighted by atomic mass is 16.3. The second-order valence-corrected chi connectivity index (χ2v) is 5.25. The lowest BCUT2D eigenvalue weighted by Gasteiger charge is -2.38. The Hall–Kier alpha value is -0.0400. The molecule has 0 N–H and O–H groups in total. The topological polar surface area (TPSA) is 19.9 Å². The standard InChI is InChI=1S/C14H27O/c1-3-5-9-13-10-7-8-12-14(13,15)11-6-4-2/h13H,3-12H2,1-2H3. The van der Waals surface area contributed by atoms with Crippen molar-refractivity contribution in [2.75, 3.05) is 0 Å². The fourth-order valence-electron chi connectivity index (χ4n) is 2.95. The summed E-state index contributed by atoms with van der Waals surface area (Å²) in [5.74, 6) is 0.484. The molecule has 2 unspecified atom stereocenters. The summed E-state index contributed by atoms with van der Waals surface area (Å²) >= 11 is 0. The molecule has 0 amide bonds. The normalized spacial score (nSPS) is 31.8. The van der Waals surface area contributed by atoms with E-state index in [1.165, 1.54) is 44.9 Å². The van der Waals surface area contributed by atoms with Gasteiger partial charge in [-0.05, 0) is 31.6 Å². The first kappa shape index (κ1) is 13.0. The minimum Gasteiger partial charge on any atom is -0.229 e. The van der Waals surface area contributed by atoms with Gasteiger partial charge in [-0.25, -0.2) is 5.11 Å². The second kappa shape index (κ2) is 6.52. The zero-order valence-electron chi connectivity index (χ0n) is 10.6. The van der Waals surface area contributed by atoms with Crippen LogP contribution in [0.2, 0.25) is 0 Å². The highest BCUT2D eigenvalue weighted by molar-refractivity contribution is 4.89. The van der Waals surface area contributed by atoms with Crippen LogP contribution in [0.4, 0.5) is 0 Å². The van der Waals surface area contributed by atoms with Crippen LogP contribution >= 0.6 is 0 Å². The summed E-state index contributed by atoms with van der Waals surface area (Å²) in [6, 6.07) is 0. The largest absolute Gasteiger partial charge is 0.229 e. The Morgan fingerprint density at radius 3 is 2.53 bits per heavy atom. The number of unbranched alkanes of at least 4 members (excludes halogenated alkanes) is 2. The molecular formula is C14H27O. The van der Waals surface area contributed by atoms with Crippen molar-refractivity contribution in [3.8, 4) is 0 Å². The van der Waals surface area contributed by atoms with Crippen molar-refractivity contribution in [1.82, 2.24) is 0 Å². The van der Waals surface area contributed by atoms with Crippen molar-refractivity contribution < 1.29 is 5.11 Å². The van der Waals surface area contributed by atoms with Gasteiger partial charge in [0.25, 0.3) is 0 Å². The highest BCUT2D eigenvalue weighted by Gasteiger charge is 2.39. The molecule has 2 atom stereocenters. The average Bonchev–Trinajstić information content (AvgIpc) is 2.25. The van der Waals surface area contributed by atoms with Crippen molar-refractivity contribution in [3.63, 3.8) is 0 Å². The Bertz CT molecular complexity index is 167. The van der Waals surface area contributed by atoms with Gasteiger partial charge in [-0.2, -0.15) is 0 Å². The molecule has 0 heterocycles. The van der Waals surface area contributed by atoms with E-state index in [0.29, 0.717) is 5.92 Å². The monoisotopic (exact) mass is 211 g/mol. The molecule has 89 valence electrons. The van der Waals surface area contributed by atoms with E-state index in [-0.39, 0.29) is 0 Å². The molecule has 1 fully saturated rings. The summed E-state index contributed by atoms with van der Waals surface area (Å²) in [5.41, 5.74) is -0.552. The Morgan fingerprint density at radius 2 is 1.87 bits per heavy atom. The SMILES string of the molecule is CCCCC1CCCCC1([O])CCCC. The van der Waals surface area contributed by atoms with Crippen molar-refractivity contribution in [3.05, 3.63) is 0 Å². The maximum Gasteiger partial charge on any atom is 0.106 e. The van der Waals surface area contributed by atoms with E-state index in [1.54, 1.807) is 0 Å². The van der Waals surface area contributed by atoms with Gasteiger partial charge in [-0.15, -0.1) is 0 Å². The van der Waals surface area contributed by atoms with Crippen LogP contribution in [0, 0.1) is 5.92 Å². The lowest BCUT2D eigenvalue weighted by molar-refractivity contribution is -0.112. The zero-order chi connectivity index (χ0) is 11.1. The predicted octanol–water partition coefficient (Wildman–Crippen LogP) is 4.73. The van der Waals surface area contributed by atoms with Crippen molar-refractivity contribution in [1.29, 1.82) is 0 Å². The van der Waals surface area contributed by atoms with Gasteiger partial charge in [0, 0.05) is 0 Å². The van der Waals surface area contributed by atoms with E-state index in [4.69, 9.17) is 0 Å². The fraction of sp³-hybridized carbons (Fsp3) is 1.00. The van der Waals surface area contributed by atoms with Gasteiger partial charge >= 0.3 is 0 Å². The first-order chi connectivity index (χ1) is 7.23. The number of hydrogen-bond donors (Lipinski definition) is 0. The summed E-state index contributed by atoms with van der Waals surface area (Å²) in [6.45, 7) is 4.41. The van der Waals surface area contributed by atoms with Crippen LogP contribution in [-0.4, -0.2) is 5.60 Å². The molecule has 0 aromatic rings. The third-order valence-electron chi connectivity index (χ3n) is 4.01. The quantitative estimate of drug-likeness (QED) is 0.605. The van der Waals surface area contributed by atoms with Gasteiger partial charge in [-0.3, -0.25) is 0 Å². The van der Waals surface area contributed by atoms with Crippen LogP contribution in [0.15, 0.2) is 0 Å². The van der Waals surface area contributed by atoms with Crippen LogP contribution in [-0.2, 0) is 5.11 Å². The first-order valence-corrected chi connectivity index (χ1v) is 6.93. The Labute approximate surface area is 95.3 Å². The minimum atomic E-state index is -0.552. The van der Waals surface area contributed by atoms with Gasteiger partial charge in [0.1, 0.15) is 5.60 Å². The lowest BCUT2D eigenvalue weighted by atomic mass is 9.71. The van der Waals surface area contributed by atoms with Crippen LogP contribution in [0.3, 0.4) is 0 Å². The molecule has 1 aliphatic carbocycles. The summed E-state index contributed by atoms with van der Waals surface area (Å²) in [4.78, 5) is 0. The molecule has 0 saturated heterocycles. The van der Waals surface area contributed by atoms with E-state index in [9.17, 15) is 5.11 Å². The van der Waals surface area contributed by atoms with E-state index < -0.39 is 5.60 Å². The zero-order valence-corrected chi connectivity index (χ0v) is 10.6. The smallest absolute Gasteiger partial charge is 0.106 e. The van der Waals surface area contributed by atoms with Crippen molar-refractivity contribution >= 4 is 0 Å². The molecule has 1 heteroatoms. The Morgan fingerprint density at radius 1 is 1.13 bits per heavy atom. The number of hydrogen-bond acceptors (Lipinski definition) is 0. The molecule has 0 spiro atoms. The van der Waals surface area contributed by atoms with Crippen molar-refractivity contribution in [2.24, 2.45) is 5.92 Å². The third-order valence-corrected chi connectivity index (χ3v) is 4.01. The van der Waals surface area contributed by atoms with Gasteiger partial charge in [0.05, 0.1) is 0 Å². The van der Waals surface area contributed by atoms with Gasteiger partial charge in [0.2, 0.25) is 0 Å². The molecule has 1 rings (SSSR count). The Balaban J connectivity index is 2.46. The van der Waals surface area contributed by atoms with E-state index >= 15 is 0 Å². The molecule has 0 aromatic carbocycles. The molecule has 1 radical (unpaired) electrons. The highest BCUT2D eigenvalue weighted by Crippen LogP contribution is 2.40. The van der Waals surface area contributed by atoms with Crippen LogP contribution in [0.5, 0.6) is 0 Å². The maximum atomic E-state index is 12.7.